The Bertz CT molecular complexity index is 643. The molecule has 7 heteroatoms. The minimum absolute atomic E-state index is 0.0601. The van der Waals surface area contributed by atoms with Gasteiger partial charge in [0, 0.05) is 37.7 Å². The topological polar surface area (TPSA) is 78.5 Å². The van der Waals surface area contributed by atoms with Crippen molar-refractivity contribution in [2.45, 2.75) is 53.0 Å². The molecule has 0 unspecified atom stereocenters. The zero-order chi connectivity index (χ0) is 19.7. The van der Waals surface area contributed by atoms with Crippen molar-refractivity contribution in [3.8, 4) is 0 Å². The lowest BCUT2D eigenvalue weighted by Gasteiger charge is -2.19. The number of amides is 3. The summed E-state index contributed by atoms with van der Waals surface area (Å²) in [5.41, 5.74) is 0.946. The second-order valence-corrected chi connectivity index (χ2v) is 6.70. The van der Waals surface area contributed by atoms with Crippen LogP contribution in [0.5, 0.6) is 0 Å². The van der Waals surface area contributed by atoms with Crippen molar-refractivity contribution in [3.63, 3.8) is 0 Å². The van der Waals surface area contributed by atoms with Crippen LogP contribution in [0.25, 0.3) is 0 Å². The first-order valence-corrected chi connectivity index (χ1v) is 9.34. The molecule has 0 aliphatic carbocycles. The first kappa shape index (κ1) is 22.0. The molecule has 0 heterocycles. The number of benzene rings is 1. The van der Waals surface area contributed by atoms with Crippen LogP contribution in [0.3, 0.4) is 0 Å². The SMILES string of the molecule is CCN(CC)C(=O)c1ccc(NC(=O)CCCC(=O)NC(C)C)cc1Cl. The van der Waals surface area contributed by atoms with Crippen molar-refractivity contribution >= 4 is 35.0 Å². The quantitative estimate of drug-likeness (QED) is 0.687. The fraction of sp³-hybridized carbons (Fsp3) is 0.526. The maximum Gasteiger partial charge on any atom is 0.255 e. The van der Waals surface area contributed by atoms with E-state index in [2.05, 4.69) is 10.6 Å². The zero-order valence-corrected chi connectivity index (χ0v) is 16.7. The normalized spacial score (nSPS) is 10.5. The van der Waals surface area contributed by atoms with Gasteiger partial charge < -0.3 is 15.5 Å². The minimum Gasteiger partial charge on any atom is -0.354 e. The van der Waals surface area contributed by atoms with Crippen molar-refractivity contribution in [1.82, 2.24) is 10.2 Å². The number of carbonyl (C=O) groups excluding carboxylic acids is 3. The number of nitrogens with zero attached hydrogens (tertiary/aromatic N) is 1. The van der Waals surface area contributed by atoms with Crippen molar-refractivity contribution in [1.29, 1.82) is 0 Å². The molecule has 0 radical (unpaired) electrons. The molecule has 0 spiro atoms. The van der Waals surface area contributed by atoms with Crippen LogP contribution < -0.4 is 10.6 Å². The summed E-state index contributed by atoms with van der Waals surface area (Å²) in [6, 6.07) is 4.94. The van der Waals surface area contributed by atoms with E-state index < -0.39 is 0 Å². The summed E-state index contributed by atoms with van der Waals surface area (Å²) in [6.07, 6.45) is 1.02. The number of halogens is 1. The Hall–Kier alpha value is -2.08. The number of nitrogens with one attached hydrogen (secondary N) is 2. The number of hydrogen-bond donors (Lipinski definition) is 2. The van der Waals surface area contributed by atoms with Gasteiger partial charge in [-0.2, -0.15) is 0 Å². The van der Waals surface area contributed by atoms with Gasteiger partial charge >= 0.3 is 0 Å². The van der Waals surface area contributed by atoms with Crippen molar-refractivity contribution in [2.75, 3.05) is 18.4 Å². The smallest absolute Gasteiger partial charge is 0.255 e. The highest BCUT2D eigenvalue weighted by atomic mass is 35.5. The molecule has 26 heavy (non-hydrogen) atoms. The molecule has 1 aromatic carbocycles. The second kappa shape index (κ2) is 10.8. The van der Waals surface area contributed by atoms with Gasteiger partial charge in [-0.3, -0.25) is 14.4 Å². The lowest BCUT2D eigenvalue weighted by molar-refractivity contribution is -0.121. The predicted octanol–water partition coefficient (Wildman–Crippen LogP) is 3.46. The Labute approximate surface area is 160 Å². The van der Waals surface area contributed by atoms with Crippen LogP contribution in [-0.4, -0.2) is 41.8 Å². The third-order valence-corrected chi connectivity index (χ3v) is 4.10. The van der Waals surface area contributed by atoms with E-state index in [0.29, 0.717) is 42.2 Å². The standard InChI is InChI=1S/C19H28ClN3O3/c1-5-23(6-2)19(26)15-11-10-14(12-16(15)20)22-18(25)9-7-8-17(24)21-13(3)4/h10-13H,5-9H2,1-4H3,(H,21,24)(H,22,25). The molecule has 0 atom stereocenters. The third kappa shape index (κ3) is 7.04. The molecule has 0 saturated heterocycles. The molecule has 0 aliphatic rings. The Morgan fingerprint density at radius 1 is 1.08 bits per heavy atom. The molecular weight excluding hydrogens is 354 g/mol. The van der Waals surface area contributed by atoms with Crippen LogP contribution in [-0.2, 0) is 9.59 Å². The molecule has 1 rings (SSSR count). The van der Waals surface area contributed by atoms with E-state index in [-0.39, 0.29) is 30.2 Å². The van der Waals surface area contributed by atoms with E-state index in [0.717, 1.165) is 0 Å². The van der Waals surface area contributed by atoms with E-state index in [1.165, 1.54) is 0 Å². The summed E-state index contributed by atoms with van der Waals surface area (Å²) in [6.45, 7) is 8.81. The molecule has 6 nitrogen and oxygen atoms in total. The molecule has 0 bridgehead atoms. The first-order valence-electron chi connectivity index (χ1n) is 8.96. The van der Waals surface area contributed by atoms with Crippen LogP contribution in [0, 0.1) is 0 Å². The second-order valence-electron chi connectivity index (χ2n) is 6.30. The molecule has 0 aliphatic heterocycles. The van der Waals surface area contributed by atoms with E-state index in [1.54, 1.807) is 23.1 Å². The Morgan fingerprint density at radius 3 is 2.23 bits per heavy atom. The average Bonchev–Trinajstić information content (AvgIpc) is 2.55. The molecule has 0 fully saturated rings. The van der Waals surface area contributed by atoms with E-state index in [1.807, 2.05) is 27.7 Å². The number of rotatable bonds is 9. The number of carbonyl (C=O) groups is 3. The van der Waals surface area contributed by atoms with Crippen LogP contribution in [0.1, 0.15) is 57.3 Å². The third-order valence-electron chi connectivity index (χ3n) is 3.79. The van der Waals surface area contributed by atoms with Gasteiger partial charge in [-0.15, -0.1) is 0 Å². The van der Waals surface area contributed by atoms with E-state index >= 15 is 0 Å². The van der Waals surface area contributed by atoms with Crippen LogP contribution in [0.4, 0.5) is 5.69 Å². The van der Waals surface area contributed by atoms with Crippen molar-refractivity contribution in [3.05, 3.63) is 28.8 Å². The summed E-state index contributed by atoms with van der Waals surface area (Å²) in [5.74, 6) is -0.384. The number of hydrogen-bond acceptors (Lipinski definition) is 3. The fourth-order valence-corrected chi connectivity index (χ4v) is 2.74. The largest absolute Gasteiger partial charge is 0.354 e. The fourth-order valence-electron chi connectivity index (χ4n) is 2.47. The maximum atomic E-state index is 12.4. The monoisotopic (exact) mass is 381 g/mol. The summed E-state index contributed by atoms with van der Waals surface area (Å²) in [5, 5.41) is 5.83. The highest BCUT2D eigenvalue weighted by Gasteiger charge is 2.16. The van der Waals surface area contributed by atoms with Gasteiger partial charge in [-0.25, -0.2) is 0 Å². The van der Waals surface area contributed by atoms with Gasteiger partial charge in [0.1, 0.15) is 0 Å². The molecule has 2 N–H and O–H groups in total. The van der Waals surface area contributed by atoms with Crippen LogP contribution in [0.2, 0.25) is 5.02 Å². The molecule has 0 saturated carbocycles. The molecule has 0 aromatic heterocycles. The lowest BCUT2D eigenvalue weighted by atomic mass is 10.1. The predicted molar refractivity (Wildman–Crippen MR) is 104 cm³/mol. The zero-order valence-electron chi connectivity index (χ0n) is 15.9. The molecule has 144 valence electrons. The summed E-state index contributed by atoms with van der Waals surface area (Å²) < 4.78 is 0. The highest BCUT2D eigenvalue weighted by molar-refractivity contribution is 6.34. The average molecular weight is 382 g/mol. The first-order chi connectivity index (χ1) is 12.3. The van der Waals surface area contributed by atoms with Gasteiger partial charge in [-0.1, -0.05) is 11.6 Å². The number of anilines is 1. The van der Waals surface area contributed by atoms with Gasteiger partial charge in [0.2, 0.25) is 11.8 Å². The van der Waals surface area contributed by atoms with E-state index in [9.17, 15) is 14.4 Å². The summed E-state index contributed by atoms with van der Waals surface area (Å²) in [7, 11) is 0. The Morgan fingerprint density at radius 2 is 1.69 bits per heavy atom. The molecule has 1 aromatic rings. The maximum absolute atomic E-state index is 12.4. The van der Waals surface area contributed by atoms with Gasteiger partial charge in [-0.05, 0) is 52.3 Å². The van der Waals surface area contributed by atoms with Crippen molar-refractivity contribution < 1.29 is 14.4 Å². The van der Waals surface area contributed by atoms with Crippen LogP contribution >= 0.6 is 11.6 Å². The van der Waals surface area contributed by atoms with Gasteiger partial charge in [0.25, 0.3) is 5.91 Å². The lowest BCUT2D eigenvalue weighted by Crippen LogP contribution is -2.30. The highest BCUT2D eigenvalue weighted by Crippen LogP contribution is 2.22. The Balaban J connectivity index is 2.58. The Kier molecular flexibility index (Phi) is 9.13. The van der Waals surface area contributed by atoms with Crippen molar-refractivity contribution in [2.24, 2.45) is 0 Å². The van der Waals surface area contributed by atoms with Gasteiger partial charge in [0.15, 0.2) is 0 Å². The van der Waals surface area contributed by atoms with Gasteiger partial charge in [0.05, 0.1) is 10.6 Å². The summed E-state index contributed by atoms with van der Waals surface area (Å²) >= 11 is 6.21. The molecular formula is C19H28ClN3O3. The van der Waals surface area contributed by atoms with Crippen LogP contribution in [0.15, 0.2) is 18.2 Å². The minimum atomic E-state index is -0.193. The summed E-state index contributed by atoms with van der Waals surface area (Å²) in [4.78, 5) is 37.6. The van der Waals surface area contributed by atoms with E-state index in [4.69, 9.17) is 11.6 Å². The molecule has 3 amide bonds.